The summed E-state index contributed by atoms with van der Waals surface area (Å²) in [6, 6.07) is 7.07. The Morgan fingerprint density at radius 2 is 1.65 bits per heavy atom. The zero-order valence-electron chi connectivity index (χ0n) is 12.6. The molecule has 0 saturated heterocycles. The molecule has 1 atom stereocenters. The zero-order chi connectivity index (χ0) is 15.5. The summed E-state index contributed by atoms with van der Waals surface area (Å²) in [5.41, 5.74) is 0.564. The average molecular weight is 275 g/mol. The second-order valence-corrected chi connectivity index (χ2v) is 5.87. The number of hydrogen-bond acceptors (Lipinski definition) is 4. The number of Topliss-reactive ketones (excluding diaryl/α,β-unsaturated/α-hetero) is 1. The van der Waals surface area contributed by atoms with E-state index in [0.717, 1.165) is 5.56 Å². The summed E-state index contributed by atoms with van der Waals surface area (Å²) in [5.74, 6) is -1.81. The lowest BCUT2D eigenvalue weighted by molar-refractivity contribution is -0.146. The first-order valence-corrected chi connectivity index (χ1v) is 6.54. The van der Waals surface area contributed by atoms with Crippen LogP contribution in [0.5, 0.6) is 0 Å². The van der Waals surface area contributed by atoms with Gasteiger partial charge in [0, 0.05) is 5.56 Å². The lowest BCUT2D eigenvalue weighted by Gasteiger charge is -2.21. The normalized spacial score (nSPS) is 12.7. The Kier molecular flexibility index (Phi) is 4.82. The van der Waals surface area contributed by atoms with Crippen molar-refractivity contribution >= 4 is 17.5 Å². The summed E-state index contributed by atoms with van der Waals surface area (Å²) >= 11 is 0. The first-order chi connectivity index (χ1) is 9.11. The number of ether oxygens (including phenoxy) is 1. The van der Waals surface area contributed by atoms with Gasteiger partial charge in [-0.25, -0.2) is 4.79 Å². The summed E-state index contributed by atoms with van der Waals surface area (Å²) in [4.78, 5) is 24.0. The van der Waals surface area contributed by atoms with E-state index in [1.165, 1.54) is 0 Å². The molecule has 0 spiro atoms. The maximum absolute atomic E-state index is 12.2. The van der Waals surface area contributed by atoms with E-state index in [-0.39, 0.29) is 11.5 Å². The first-order valence-electron chi connectivity index (χ1n) is 6.54. The second-order valence-electron chi connectivity index (χ2n) is 5.87. The van der Waals surface area contributed by atoms with E-state index in [4.69, 9.17) is 10.1 Å². The molecule has 1 unspecified atom stereocenters. The average Bonchev–Trinajstić information content (AvgIpc) is 2.35. The van der Waals surface area contributed by atoms with Gasteiger partial charge in [0.25, 0.3) is 0 Å². The maximum Gasteiger partial charge on any atom is 0.353 e. The molecule has 108 valence electrons. The van der Waals surface area contributed by atoms with E-state index in [9.17, 15) is 9.59 Å². The minimum absolute atomic E-state index is 0.249. The third kappa shape index (κ3) is 4.30. The van der Waals surface area contributed by atoms with E-state index in [1.54, 1.807) is 39.8 Å². The van der Waals surface area contributed by atoms with Crippen LogP contribution < -0.4 is 0 Å². The Morgan fingerprint density at radius 3 is 2.10 bits per heavy atom. The van der Waals surface area contributed by atoms with Gasteiger partial charge in [0.05, 0.1) is 5.92 Å². The van der Waals surface area contributed by atoms with Gasteiger partial charge in [-0.15, -0.1) is 0 Å². The third-order valence-corrected chi connectivity index (χ3v) is 2.78. The topological polar surface area (TPSA) is 67.2 Å². The monoisotopic (exact) mass is 275 g/mol. The highest BCUT2D eigenvalue weighted by Crippen LogP contribution is 2.14. The minimum Gasteiger partial charge on any atom is -0.455 e. The van der Waals surface area contributed by atoms with Crippen LogP contribution in [-0.4, -0.2) is 23.1 Å². The number of rotatable bonds is 4. The van der Waals surface area contributed by atoms with Gasteiger partial charge in [0.2, 0.25) is 0 Å². The highest BCUT2D eigenvalue weighted by Gasteiger charge is 2.28. The molecule has 4 heteroatoms. The molecule has 0 bridgehead atoms. The molecule has 20 heavy (non-hydrogen) atoms. The predicted octanol–water partition coefficient (Wildman–Crippen LogP) is 3.18. The Balaban J connectivity index is 2.81. The van der Waals surface area contributed by atoms with Gasteiger partial charge in [-0.2, -0.15) is 0 Å². The first kappa shape index (κ1) is 16.1. The third-order valence-electron chi connectivity index (χ3n) is 2.78. The standard InChI is InChI=1S/C16H21NO3/c1-10-6-8-12(9-7-10)14(18)11(2)13(17)15(19)20-16(3,4)5/h6-9,11,17H,1-5H3. The van der Waals surface area contributed by atoms with Crippen molar-refractivity contribution in [3.8, 4) is 0 Å². The van der Waals surface area contributed by atoms with Crippen molar-refractivity contribution in [2.75, 3.05) is 0 Å². The fourth-order valence-electron chi connectivity index (χ4n) is 1.61. The second kappa shape index (κ2) is 5.99. The van der Waals surface area contributed by atoms with Crippen molar-refractivity contribution in [2.24, 2.45) is 5.92 Å². The molecular weight excluding hydrogens is 254 g/mol. The Bertz CT molecular complexity index is 524. The molecular formula is C16H21NO3. The molecule has 0 radical (unpaired) electrons. The van der Waals surface area contributed by atoms with E-state index >= 15 is 0 Å². The molecule has 0 saturated carbocycles. The quantitative estimate of drug-likeness (QED) is 0.521. The van der Waals surface area contributed by atoms with Gasteiger partial charge < -0.3 is 4.74 Å². The number of ketones is 1. The molecule has 0 aliphatic heterocycles. The number of esters is 1. The lowest BCUT2D eigenvalue weighted by Crippen LogP contribution is -2.34. The molecule has 0 amide bonds. The summed E-state index contributed by atoms with van der Waals surface area (Å²) in [7, 11) is 0. The highest BCUT2D eigenvalue weighted by atomic mass is 16.6. The summed E-state index contributed by atoms with van der Waals surface area (Å²) < 4.78 is 5.11. The molecule has 0 heterocycles. The van der Waals surface area contributed by atoms with Crippen LogP contribution in [0.15, 0.2) is 24.3 Å². The molecule has 0 fully saturated rings. The smallest absolute Gasteiger partial charge is 0.353 e. The van der Waals surface area contributed by atoms with E-state index in [1.807, 2.05) is 19.1 Å². The SMILES string of the molecule is Cc1ccc(C(=O)C(C)C(=N)C(=O)OC(C)(C)C)cc1. The Morgan fingerprint density at radius 1 is 1.15 bits per heavy atom. The number of hydrogen-bond donors (Lipinski definition) is 1. The van der Waals surface area contributed by atoms with Crippen LogP contribution in [0.3, 0.4) is 0 Å². The summed E-state index contributed by atoms with van der Waals surface area (Å²) in [5, 5.41) is 7.81. The van der Waals surface area contributed by atoms with Crippen molar-refractivity contribution in [3.05, 3.63) is 35.4 Å². The minimum atomic E-state index is -0.812. The van der Waals surface area contributed by atoms with Crippen molar-refractivity contribution in [2.45, 2.75) is 40.2 Å². The zero-order valence-corrected chi connectivity index (χ0v) is 12.6. The predicted molar refractivity (Wildman–Crippen MR) is 78.2 cm³/mol. The number of nitrogens with one attached hydrogen (secondary N) is 1. The van der Waals surface area contributed by atoms with E-state index in [0.29, 0.717) is 5.56 Å². The number of carbonyl (C=O) groups excluding carboxylic acids is 2. The van der Waals surface area contributed by atoms with Crippen LogP contribution in [0.4, 0.5) is 0 Å². The van der Waals surface area contributed by atoms with Crippen molar-refractivity contribution in [3.63, 3.8) is 0 Å². The van der Waals surface area contributed by atoms with Crippen LogP contribution >= 0.6 is 0 Å². The molecule has 1 aromatic rings. The van der Waals surface area contributed by atoms with Crippen LogP contribution in [0.2, 0.25) is 0 Å². The number of carbonyl (C=O) groups is 2. The van der Waals surface area contributed by atoms with Crippen LogP contribution in [0.1, 0.15) is 43.6 Å². The molecule has 4 nitrogen and oxygen atoms in total. The molecule has 0 aromatic heterocycles. The highest BCUT2D eigenvalue weighted by molar-refractivity contribution is 6.40. The van der Waals surface area contributed by atoms with Gasteiger partial charge in [-0.1, -0.05) is 29.8 Å². The van der Waals surface area contributed by atoms with Crippen LogP contribution in [-0.2, 0) is 9.53 Å². The van der Waals surface area contributed by atoms with Gasteiger partial charge in [-0.05, 0) is 34.6 Å². The van der Waals surface area contributed by atoms with E-state index < -0.39 is 17.5 Å². The lowest BCUT2D eigenvalue weighted by atomic mass is 9.94. The largest absolute Gasteiger partial charge is 0.455 e. The van der Waals surface area contributed by atoms with Crippen LogP contribution in [0, 0.1) is 18.3 Å². The van der Waals surface area contributed by atoms with Crippen molar-refractivity contribution < 1.29 is 14.3 Å². The Labute approximate surface area is 119 Å². The Hall–Kier alpha value is -1.97. The van der Waals surface area contributed by atoms with Crippen LogP contribution in [0.25, 0.3) is 0 Å². The summed E-state index contributed by atoms with van der Waals surface area (Å²) in [6.45, 7) is 8.66. The molecule has 1 rings (SSSR count). The molecule has 0 aliphatic rings. The number of benzene rings is 1. The molecule has 1 N–H and O–H groups in total. The fourth-order valence-corrected chi connectivity index (χ4v) is 1.61. The van der Waals surface area contributed by atoms with E-state index in [2.05, 4.69) is 0 Å². The van der Waals surface area contributed by atoms with Gasteiger partial charge in [0.1, 0.15) is 11.3 Å². The molecule has 0 aliphatic carbocycles. The maximum atomic E-state index is 12.2. The van der Waals surface area contributed by atoms with Crippen molar-refractivity contribution in [1.29, 1.82) is 5.41 Å². The summed E-state index contributed by atoms with van der Waals surface area (Å²) in [6.07, 6.45) is 0. The van der Waals surface area contributed by atoms with Gasteiger partial charge in [-0.3, -0.25) is 10.2 Å². The van der Waals surface area contributed by atoms with Gasteiger partial charge >= 0.3 is 5.97 Å². The fraction of sp³-hybridized carbons (Fsp3) is 0.438. The molecule has 1 aromatic carbocycles. The van der Waals surface area contributed by atoms with Crippen molar-refractivity contribution in [1.82, 2.24) is 0 Å². The number of aryl methyl sites for hydroxylation is 1. The van der Waals surface area contributed by atoms with Gasteiger partial charge in [0.15, 0.2) is 5.78 Å².